The van der Waals surface area contributed by atoms with Crippen LogP contribution in [0.4, 0.5) is 17.2 Å². The molecule has 0 unspecified atom stereocenters. The third kappa shape index (κ3) is 4.64. The fourth-order valence-electron chi connectivity index (χ4n) is 9.44. The lowest BCUT2D eigenvalue weighted by Crippen LogP contribution is -2.33. The maximum Gasteiger partial charge on any atom is 0.138 e. The van der Waals surface area contributed by atoms with Gasteiger partial charge in [-0.2, -0.15) is 0 Å². The van der Waals surface area contributed by atoms with Gasteiger partial charge in [0.1, 0.15) is 5.82 Å². The maximum atomic E-state index is 5.08. The zero-order valence-corrected chi connectivity index (χ0v) is 31.8. The van der Waals surface area contributed by atoms with Crippen LogP contribution in [0.15, 0.2) is 164 Å². The molecular formula is C51H39N5. The lowest BCUT2D eigenvalue weighted by atomic mass is 9.68. The SMILES string of the molecule is CC1(C)c2cc(-c3ccnc(N(c4cccc(-c5ccccn5)c4)c4cccc(-c5ccccn5)c4)c3)cc3c2-n2c4c1cccc4c1cccc(c12)C3(C)C. The second-order valence-corrected chi connectivity index (χ2v) is 16.2. The minimum atomic E-state index is -0.211. The number of nitrogens with zero attached hydrogens (tertiary/aromatic N) is 5. The van der Waals surface area contributed by atoms with Gasteiger partial charge in [0, 0.05) is 62.7 Å². The predicted octanol–water partition coefficient (Wildman–Crippen LogP) is 12.7. The minimum absolute atomic E-state index is 0.211. The molecule has 0 N–H and O–H groups in total. The summed E-state index contributed by atoms with van der Waals surface area (Å²) in [7, 11) is 0. The average molecular weight is 722 g/mol. The molecular weight excluding hydrogens is 683 g/mol. The first kappa shape index (κ1) is 32.6. The lowest BCUT2D eigenvalue weighted by molar-refractivity contribution is 0.594. The molecule has 5 nitrogen and oxygen atoms in total. The summed E-state index contributed by atoms with van der Waals surface area (Å²) in [5, 5.41) is 2.67. The Labute approximate surface area is 326 Å². The van der Waals surface area contributed by atoms with Gasteiger partial charge in [-0.15, -0.1) is 0 Å². The Kier molecular flexibility index (Phi) is 6.88. The van der Waals surface area contributed by atoms with Gasteiger partial charge in [0.15, 0.2) is 0 Å². The highest BCUT2D eigenvalue weighted by atomic mass is 15.2. The fourth-order valence-corrected chi connectivity index (χ4v) is 9.44. The molecule has 0 bridgehead atoms. The Hall–Kier alpha value is -6.85. The fraction of sp³-hybridized carbons (Fsp3) is 0.118. The molecule has 11 rings (SSSR count). The highest BCUT2D eigenvalue weighted by Gasteiger charge is 2.43. The maximum absolute atomic E-state index is 5.08. The third-order valence-electron chi connectivity index (χ3n) is 12.3. The molecule has 0 aliphatic carbocycles. The van der Waals surface area contributed by atoms with Gasteiger partial charge >= 0.3 is 0 Å². The Morgan fingerprint density at radius 3 is 1.48 bits per heavy atom. The summed E-state index contributed by atoms with van der Waals surface area (Å²) in [4.78, 5) is 16.7. The molecule has 0 radical (unpaired) electrons. The summed E-state index contributed by atoms with van der Waals surface area (Å²) in [6.07, 6.45) is 5.64. The Morgan fingerprint density at radius 2 is 0.964 bits per heavy atom. The van der Waals surface area contributed by atoms with Crippen molar-refractivity contribution < 1.29 is 0 Å². The molecule has 0 saturated heterocycles. The van der Waals surface area contributed by atoms with Crippen LogP contribution in [-0.4, -0.2) is 19.5 Å². The summed E-state index contributed by atoms with van der Waals surface area (Å²) < 4.78 is 2.59. The average Bonchev–Trinajstić information content (AvgIpc) is 3.58. The number of pyridine rings is 3. The standard InChI is InChI=1S/C51H39N5/c1-50(2)40-19-11-17-38-39-18-12-20-41-48(39)56(47(38)40)49-42(50)29-35(30-43(49)51(41,3)4)32-23-26-54-46(31-32)55(36-15-9-13-33(27-36)44-21-5-7-24-52-44)37-16-10-14-34(28-37)45-22-6-8-25-53-45/h5-31H,1-4H3. The van der Waals surface area contributed by atoms with Gasteiger partial charge in [-0.3, -0.25) is 14.9 Å². The second kappa shape index (κ2) is 11.8. The minimum Gasteiger partial charge on any atom is -0.308 e. The molecule has 0 atom stereocenters. The highest BCUT2D eigenvalue weighted by molar-refractivity contribution is 6.14. The number of fused-ring (bicyclic) bond motifs is 1. The van der Waals surface area contributed by atoms with Crippen LogP contribution in [0, 0.1) is 0 Å². The molecule has 5 heteroatoms. The van der Waals surface area contributed by atoms with Crippen molar-refractivity contribution in [3.05, 3.63) is 186 Å². The number of benzene rings is 5. The van der Waals surface area contributed by atoms with Gasteiger partial charge in [0.2, 0.25) is 0 Å². The van der Waals surface area contributed by atoms with Crippen molar-refractivity contribution in [1.29, 1.82) is 0 Å². The number of anilines is 3. The zero-order valence-electron chi connectivity index (χ0n) is 31.8. The third-order valence-corrected chi connectivity index (χ3v) is 12.3. The van der Waals surface area contributed by atoms with E-state index in [1.165, 1.54) is 55.3 Å². The van der Waals surface area contributed by atoms with E-state index in [1.54, 1.807) is 0 Å². The van der Waals surface area contributed by atoms with Crippen molar-refractivity contribution >= 4 is 39.0 Å². The van der Waals surface area contributed by atoms with E-state index in [9.17, 15) is 0 Å². The molecule has 0 saturated carbocycles. The van der Waals surface area contributed by atoms with Gasteiger partial charge < -0.3 is 4.57 Å². The monoisotopic (exact) mass is 721 g/mol. The summed E-state index contributed by atoms with van der Waals surface area (Å²) in [5.41, 5.74) is 17.3. The summed E-state index contributed by atoms with van der Waals surface area (Å²) in [5.74, 6) is 0.827. The van der Waals surface area contributed by atoms with Gasteiger partial charge in [0.25, 0.3) is 0 Å². The predicted molar refractivity (Wildman–Crippen MR) is 229 cm³/mol. The number of hydrogen-bond donors (Lipinski definition) is 0. The molecule has 6 heterocycles. The molecule has 0 spiro atoms. The summed E-state index contributed by atoms with van der Waals surface area (Å²) in [6.45, 7) is 9.59. The van der Waals surface area contributed by atoms with Crippen LogP contribution >= 0.6 is 0 Å². The second-order valence-electron chi connectivity index (χ2n) is 16.2. The van der Waals surface area contributed by atoms with Crippen molar-refractivity contribution in [3.63, 3.8) is 0 Å². The Bertz CT molecular complexity index is 2850. The molecule has 9 aromatic rings. The normalized spacial score (nSPS) is 14.4. The van der Waals surface area contributed by atoms with E-state index < -0.39 is 0 Å². The summed E-state index contributed by atoms with van der Waals surface area (Å²) >= 11 is 0. The molecule has 2 aliphatic rings. The van der Waals surface area contributed by atoms with Crippen LogP contribution < -0.4 is 4.90 Å². The van der Waals surface area contributed by atoms with Crippen LogP contribution in [0.5, 0.6) is 0 Å². The van der Waals surface area contributed by atoms with Crippen LogP contribution in [0.3, 0.4) is 0 Å². The van der Waals surface area contributed by atoms with Crippen LogP contribution in [0.25, 0.3) is 61.1 Å². The highest BCUT2D eigenvalue weighted by Crippen LogP contribution is 2.56. The van der Waals surface area contributed by atoms with Crippen LogP contribution in [0.2, 0.25) is 0 Å². The number of para-hydroxylation sites is 2. The van der Waals surface area contributed by atoms with Crippen LogP contribution in [-0.2, 0) is 10.8 Å². The van der Waals surface area contributed by atoms with Gasteiger partial charge in [-0.05, 0) is 106 Å². The van der Waals surface area contributed by atoms with Crippen LogP contribution in [0.1, 0.15) is 49.9 Å². The topological polar surface area (TPSA) is 46.8 Å². The molecule has 4 aromatic heterocycles. The van der Waals surface area contributed by atoms with Crippen molar-refractivity contribution in [2.75, 3.05) is 4.90 Å². The quantitative estimate of drug-likeness (QED) is 0.171. The van der Waals surface area contributed by atoms with E-state index in [0.717, 1.165) is 45.3 Å². The van der Waals surface area contributed by atoms with E-state index in [4.69, 9.17) is 4.98 Å². The first-order chi connectivity index (χ1) is 27.3. The zero-order chi connectivity index (χ0) is 37.8. The first-order valence-electron chi connectivity index (χ1n) is 19.3. The Morgan fingerprint density at radius 1 is 0.429 bits per heavy atom. The van der Waals surface area contributed by atoms with Crippen molar-refractivity contribution in [3.8, 4) is 39.3 Å². The number of aromatic nitrogens is 4. The molecule has 2 aliphatic heterocycles. The van der Waals surface area contributed by atoms with Crippen molar-refractivity contribution in [1.82, 2.24) is 19.5 Å². The van der Waals surface area contributed by atoms with Gasteiger partial charge in [-0.25, -0.2) is 4.98 Å². The molecule has 0 fully saturated rings. The van der Waals surface area contributed by atoms with E-state index >= 15 is 0 Å². The van der Waals surface area contributed by atoms with Gasteiger partial charge in [-0.1, -0.05) is 100 Å². The van der Waals surface area contributed by atoms with E-state index in [-0.39, 0.29) is 10.8 Å². The van der Waals surface area contributed by atoms with E-state index in [2.05, 4.69) is 168 Å². The molecule has 56 heavy (non-hydrogen) atoms. The van der Waals surface area contributed by atoms with E-state index in [1.807, 2.05) is 42.9 Å². The molecule has 5 aromatic carbocycles. The molecule has 268 valence electrons. The van der Waals surface area contributed by atoms with Gasteiger partial charge in [0.05, 0.1) is 28.1 Å². The largest absolute Gasteiger partial charge is 0.308 e. The van der Waals surface area contributed by atoms with E-state index in [0.29, 0.717) is 0 Å². The smallest absolute Gasteiger partial charge is 0.138 e. The Balaban J connectivity index is 1.12. The van der Waals surface area contributed by atoms with Crippen molar-refractivity contribution in [2.45, 2.75) is 38.5 Å². The number of hydrogen-bond acceptors (Lipinski definition) is 4. The molecule has 0 amide bonds. The lowest BCUT2D eigenvalue weighted by Gasteiger charge is -2.42. The summed E-state index contributed by atoms with van der Waals surface area (Å²) in [6, 6.07) is 52.2. The van der Waals surface area contributed by atoms with Crippen molar-refractivity contribution in [2.24, 2.45) is 0 Å². The first-order valence-corrected chi connectivity index (χ1v) is 19.3. The number of rotatable bonds is 6.